The Kier molecular flexibility index (Phi) is 7.92. The van der Waals surface area contributed by atoms with Gasteiger partial charge >= 0.3 is 0 Å². The average molecular weight is 482 g/mol. The molecule has 1 saturated carbocycles. The van der Waals surface area contributed by atoms with Crippen LogP contribution in [0.2, 0.25) is 5.02 Å². The van der Waals surface area contributed by atoms with Crippen molar-refractivity contribution in [3.8, 4) is 0 Å². The zero-order chi connectivity index (χ0) is 23.5. The summed E-state index contributed by atoms with van der Waals surface area (Å²) in [6.45, 7) is 6.33. The third-order valence-corrected chi connectivity index (χ3v) is 8.17. The van der Waals surface area contributed by atoms with Gasteiger partial charge in [0.25, 0.3) is 0 Å². The van der Waals surface area contributed by atoms with Crippen molar-refractivity contribution >= 4 is 33.2 Å². The fourth-order valence-electron chi connectivity index (χ4n) is 3.68. The molecular formula is C23H29ClFN3O3S. The van der Waals surface area contributed by atoms with E-state index < -0.39 is 15.8 Å². The summed E-state index contributed by atoms with van der Waals surface area (Å²) in [4.78, 5) is 14.8. The number of sulfonamides is 1. The number of anilines is 1. The number of aryl methyl sites for hydroxylation is 1. The summed E-state index contributed by atoms with van der Waals surface area (Å²) in [6.07, 6.45) is 1.88. The van der Waals surface area contributed by atoms with Gasteiger partial charge in [0.1, 0.15) is 5.82 Å². The standard InChI is InChI=1S/C23H29ClFN3O3S/c1-4-28(5-2)32(30,31)22-13-17(10-9-16(22)3)26-23(29)15-27(18-11-12-18)14-19-20(24)7-6-8-21(19)25/h6-10,13,18H,4-5,11-12,14-15H2,1-3H3,(H,26,29). The largest absolute Gasteiger partial charge is 0.325 e. The molecule has 0 aliphatic heterocycles. The van der Waals surface area contributed by atoms with Gasteiger partial charge in [-0.15, -0.1) is 0 Å². The summed E-state index contributed by atoms with van der Waals surface area (Å²) >= 11 is 6.16. The fourth-order valence-corrected chi connectivity index (χ4v) is 5.62. The molecule has 2 aromatic carbocycles. The van der Waals surface area contributed by atoms with Gasteiger partial charge in [-0.3, -0.25) is 9.69 Å². The van der Waals surface area contributed by atoms with Gasteiger partial charge in [0.15, 0.2) is 0 Å². The number of nitrogens with zero attached hydrogens (tertiary/aromatic N) is 2. The molecule has 32 heavy (non-hydrogen) atoms. The van der Waals surface area contributed by atoms with E-state index >= 15 is 0 Å². The quantitative estimate of drug-likeness (QED) is 0.545. The van der Waals surface area contributed by atoms with Crippen LogP contribution in [0.4, 0.5) is 10.1 Å². The van der Waals surface area contributed by atoms with Crippen LogP contribution in [0.15, 0.2) is 41.3 Å². The van der Waals surface area contributed by atoms with Gasteiger partial charge in [-0.05, 0) is 49.6 Å². The van der Waals surface area contributed by atoms with Crippen LogP contribution in [0, 0.1) is 12.7 Å². The summed E-state index contributed by atoms with van der Waals surface area (Å²) in [6, 6.07) is 9.61. The zero-order valence-electron chi connectivity index (χ0n) is 18.6. The van der Waals surface area contributed by atoms with Crippen molar-refractivity contribution in [2.24, 2.45) is 0 Å². The smallest absolute Gasteiger partial charge is 0.243 e. The molecule has 1 aliphatic rings. The molecule has 174 valence electrons. The van der Waals surface area contributed by atoms with E-state index in [1.807, 2.05) is 4.90 Å². The van der Waals surface area contributed by atoms with Crippen LogP contribution in [0.1, 0.15) is 37.8 Å². The van der Waals surface area contributed by atoms with E-state index in [0.29, 0.717) is 34.9 Å². The zero-order valence-corrected chi connectivity index (χ0v) is 20.1. The van der Waals surface area contributed by atoms with Gasteiger partial charge in [-0.25, -0.2) is 12.8 Å². The van der Waals surface area contributed by atoms with Crippen LogP contribution in [0.5, 0.6) is 0 Å². The first-order chi connectivity index (χ1) is 15.2. The SMILES string of the molecule is CCN(CC)S(=O)(=O)c1cc(NC(=O)CN(Cc2c(F)cccc2Cl)C2CC2)ccc1C. The van der Waals surface area contributed by atoms with Gasteiger partial charge in [0, 0.05) is 41.9 Å². The molecule has 0 aromatic heterocycles. The molecule has 1 N–H and O–H groups in total. The maximum atomic E-state index is 14.2. The van der Waals surface area contributed by atoms with Crippen molar-refractivity contribution in [3.05, 3.63) is 58.4 Å². The third-order valence-electron chi connectivity index (χ3n) is 5.63. The molecule has 0 unspecified atom stereocenters. The second-order valence-corrected chi connectivity index (χ2v) is 10.3. The summed E-state index contributed by atoms with van der Waals surface area (Å²) in [5, 5.41) is 3.13. The minimum absolute atomic E-state index is 0.0569. The topological polar surface area (TPSA) is 69.7 Å². The second kappa shape index (κ2) is 10.3. The van der Waals surface area contributed by atoms with E-state index in [1.165, 1.54) is 16.4 Å². The Labute approximate surface area is 194 Å². The lowest BCUT2D eigenvalue weighted by Gasteiger charge is -2.23. The van der Waals surface area contributed by atoms with Crippen molar-refractivity contribution in [1.29, 1.82) is 0 Å². The molecule has 0 saturated heterocycles. The van der Waals surface area contributed by atoms with Crippen molar-refractivity contribution in [3.63, 3.8) is 0 Å². The molecule has 1 aliphatic carbocycles. The van der Waals surface area contributed by atoms with Crippen molar-refractivity contribution in [1.82, 2.24) is 9.21 Å². The fraction of sp³-hybridized carbons (Fsp3) is 0.435. The normalized spacial score (nSPS) is 14.2. The number of hydrogen-bond donors (Lipinski definition) is 1. The molecule has 6 nitrogen and oxygen atoms in total. The predicted octanol–water partition coefficient (Wildman–Crippen LogP) is 4.42. The molecule has 1 amide bonds. The Morgan fingerprint density at radius 1 is 1.19 bits per heavy atom. The summed E-state index contributed by atoms with van der Waals surface area (Å²) in [5.74, 6) is -0.687. The number of nitrogens with one attached hydrogen (secondary N) is 1. The van der Waals surface area contributed by atoms with Gasteiger partial charge < -0.3 is 5.32 Å². The Morgan fingerprint density at radius 3 is 2.47 bits per heavy atom. The van der Waals surface area contributed by atoms with Crippen LogP contribution in [0.25, 0.3) is 0 Å². The maximum absolute atomic E-state index is 14.2. The van der Waals surface area contributed by atoms with Gasteiger partial charge in [-0.2, -0.15) is 4.31 Å². The van der Waals surface area contributed by atoms with Crippen molar-refractivity contribution in [2.75, 3.05) is 25.0 Å². The number of amides is 1. The Morgan fingerprint density at radius 2 is 1.88 bits per heavy atom. The highest BCUT2D eigenvalue weighted by Gasteiger charge is 2.31. The van der Waals surface area contributed by atoms with Crippen LogP contribution >= 0.6 is 11.6 Å². The third kappa shape index (κ3) is 5.67. The Bertz CT molecular complexity index is 1070. The highest BCUT2D eigenvalue weighted by molar-refractivity contribution is 7.89. The van der Waals surface area contributed by atoms with Gasteiger partial charge in [0.2, 0.25) is 15.9 Å². The molecule has 2 aromatic rings. The van der Waals surface area contributed by atoms with Crippen LogP contribution in [0.3, 0.4) is 0 Å². The molecule has 0 radical (unpaired) electrons. The molecule has 0 spiro atoms. The van der Waals surface area contributed by atoms with E-state index in [2.05, 4.69) is 5.32 Å². The maximum Gasteiger partial charge on any atom is 0.243 e. The molecule has 1 fully saturated rings. The predicted molar refractivity (Wildman–Crippen MR) is 125 cm³/mol. The summed E-state index contributed by atoms with van der Waals surface area (Å²) < 4.78 is 41.5. The van der Waals surface area contributed by atoms with Crippen molar-refractivity contribution < 1.29 is 17.6 Å². The minimum Gasteiger partial charge on any atom is -0.325 e. The Balaban J connectivity index is 1.75. The highest BCUT2D eigenvalue weighted by atomic mass is 35.5. The van der Waals surface area contributed by atoms with Crippen molar-refractivity contribution in [2.45, 2.75) is 51.1 Å². The Hall–Kier alpha value is -2.00. The van der Waals surface area contributed by atoms with E-state index in [0.717, 1.165) is 12.8 Å². The summed E-state index contributed by atoms with van der Waals surface area (Å²) in [7, 11) is -3.65. The lowest BCUT2D eigenvalue weighted by atomic mass is 10.2. The van der Waals surface area contributed by atoms with Gasteiger partial charge in [-0.1, -0.05) is 37.6 Å². The molecular weight excluding hydrogens is 453 g/mol. The average Bonchev–Trinajstić information content (AvgIpc) is 3.57. The molecule has 9 heteroatoms. The van der Waals surface area contributed by atoms with Gasteiger partial charge in [0.05, 0.1) is 11.4 Å². The molecule has 0 atom stereocenters. The monoisotopic (exact) mass is 481 g/mol. The first-order valence-corrected chi connectivity index (χ1v) is 12.6. The van der Waals surface area contributed by atoms with Crippen LogP contribution in [-0.2, 0) is 21.4 Å². The van der Waals surface area contributed by atoms with Crippen LogP contribution < -0.4 is 5.32 Å². The van der Waals surface area contributed by atoms with E-state index in [-0.39, 0.29) is 29.9 Å². The molecule has 3 rings (SSSR count). The number of carbonyl (C=O) groups excluding carboxylic acids is 1. The molecule has 0 heterocycles. The molecule has 0 bridgehead atoms. The number of rotatable bonds is 10. The highest BCUT2D eigenvalue weighted by Crippen LogP contribution is 2.31. The van der Waals surface area contributed by atoms with E-state index in [4.69, 9.17) is 11.6 Å². The van der Waals surface area contributed by atoms with E-state index in [9.17, 15) is 17.6 Å². The van der Waals surface area contributed by atoms with Crippen LogP contribution in [-0.4, -0.2) is 49.2 Å². The first kappa shape index (κ1) is 24.6. The number of carbonyl (C=O) groups is 1. The lowest BCUT2D eigenvalue weighted by Crippen LogP contribution is -2.35. The number of hydrogen-bond acceptors (Lipinski definition) is 4. The second-order valence-electron chi connectivity index (χ2n) is 7.95. The lowest BCUT2D eigenvalue weighted by molar-refractivity contribution is -0.117. The minimum atomic E-state index is -3.65. The summed E-state index contributed by atoms with van der Waals surface area (Å²) in [5.41, 5.74) is 1.39. The first-order valence-electron chi connectivity index (χ1n) is 10.7. The number of benzene rings is 2. The van der Waals surface area contributed by atoms with E-state index in [1.54, 1.807) is 45.0 Å². The number of halogens is 2.